The van der Waals surface area contributed by atoms with Gasteiger partial charge in [-0.05, 0) is 17.5 Å². The number of nitrogens with zero attached hydrogens (tertiary/aromatic N) is 2. The van der Waals surface area contributed by atoms with Crippen molar-refractivity contribution >= 4 is 43.8 Å². The Morgan fingerprint density at radius 2 is 1.90 bits per heavy atom. The lowest BCUT2D eigenvalue weighted by Gasteiger charge is -1.98. The molecule has 0 aliphatic heterocycles. The normalized spacial score (nSPS) is 11.8. The summed E-state index contributed by atoms with van der Waals surface area (Å²) in [6.45, 7) is 0. The van der Waals surface area contributed by atoms with Crippen LogP contribution in [0.15, 0.2) is 30.3 Å². The Kier molecular flexibility index (Phi) is 3.38. The van der Waals surface area contributed by atoms with E-state index in [0.29, 0.717) is 16.2 Å². The zero-order chi connectivity index (χ0) is 15.0. The molecule has 1 amide bonds. The van der Waals surface area contributed by atoms with Crippen LogP contribution >= 0.6 is 22.7 Å². The predicted octanol–water partition coefficient (Wildman–Crippen LogP) is 4.02. The SMILES string of the molecule is O=C(Nc1nnc(C(F)(F)F)s1)c1cc2ccccc2s1. The highest BCUT2D eigenvalue weighted by molar-refractivity contribution is 7.21. The zero-order valence-electron chi connectivity index (χ0n) is 10.1. The molecule has 4 nitrogen and oxygen atoms in total. The summed E-state index contributed by atoms with van der Waals surface area (Å²) in [5.74, 6) is -0.499. The molecule has 0 unspecified atom stereocenters. The van der Waals surface area contributed by atoms with E-state index in [1.54, 1.807) is 6.07 Å². The van der Waals surface area contributed by atoms with E-state index < -0.39 is 17.1 Å². The average molecular weight is 329 g/mol. The Morgan fingerprint density at radius 1 is 1.14 bits per heavy atom. The molecule has 0 saturated carbocycles. The van der Waals surface area contributed by atoms with Gasteiger partial charge in [0.1, 0.15) is 0 Å². The summed E-state index contributed by atoms with van der Waals surface area (Å²) in [4.78, 5) is 12.4. The molecular weight excluding hydrogens is 323 g/mol. The number of fused-ring (bicyclic) bond motifs is 1. The number of thiophene rings is 1. The summed E-state index contributed by atoms with van der Waals surface area (Å²) in [7, 11) is 0. The van der Waals surface area contributed by atoms with Gasteiger partial charge in [0, 0.05) is 4.70 Å². The first kappa shape index (κ1) is 14.0. The van der Waals surface area contributed by atoms with E-state index in [-0.39, 0.29) is 5.13 Å². The van der Waals surface area contributed by atoms with Crippen molar-refractivity contribution in [2.75, 3.05) is 5.32 Å². The Balaban J connectivity index is 1.81. The van der Waals surface area contributed by atoms with Crippen molar-refractivity contribution in [2.45, 2.75) is 6.18 Å². The lowest BCUT2D eigenvalue weighted by molar-refractivity contribution is -0.138. The van der Waals surface area contributed by atoms with Crippen molar-refractivity contribution in [1.82, 2.24) is 10.2 Å². The van der Waals surface area contributed by atoms with E-state index in [4.69, 9.17) is 0 Å². The van der Waals surface area contributed by atoms with Gasteiger partial charge in [-0.1, -0.05) is 29.5 Å². The van der Waals surface area contributed by atoms with Crippen molar-refractivity contribution < 1.29 is 18.0 Å². The highest BCUT2D eigenvalue weighted by Crippen LogP contribution is 2.33. The van der Waals surface area contributed by atoms with Crippen molar-refractivity contribution in [2.24, 2.45) is 0 Å². The quantitative estimate of drug-likeness (QED) is 0.772. The number of hydrogen-bond donors (Lipinski definition) is 1. The van der Waals surface area contributed by atoms with Crippen LogP contribution in [0.2, 0.25) is 0 Å². The van der Waals surface area contributed by atoms with E-state index in [1.807, 2.05) is 24.3 Å². The van der Waals surface area contributed by atoms with E-state index in [0.717, 1.165) is 10.1 Å². The van der Waals surface area contributed by atoms with Crippen molar-refractivity contribution in [3.8, 4) is 0 Å². The van der Waals surface area contributed by atoms with Gasteiger partial charge in [-0.15, -0.1) is 21.5 Å². The molecule has 3 rings (SSSR count). The van der Waals surface area contributed by atoms with Crippen molar-refractivity contribution in [3.63, 3.8) is 0 Å². The minimum atomic E-state index is -4.56. The number of rotatable bonds is 2. The molecular formula is C12H6F3N3OS2. The Hall–Kier alpha value is -2.00. The van der Waals surface area contributed by atoms with Crippen LogP contribution in [0.3, 0.4) is 0 Å². The number of benzene rings is 1. The fraction of sp³-hybridized carbons (Fsp3) is 0.0833. The first-order valence-electron chi connectivity index (χ1n) is 5.64. The standard InChI is InChI=1S/C12H6F3N3OS2/c13-12(14,15)10-17-18-11(21-10)16-9(19)8-5-6-3-1-2-4-7(6)20-8/h1-5H,(H,16,18,19). The number of halogens is 3. The first-order valence-corrected chi connectivity index (χ1v) is 7.27. The maximum Gasteiger partial charge on any atom is 0.445 e. The molecule has 0 aliphatic carbocycles. The third kappa shape index (κ3) is 2.88. The molecule has 0 bridgehead atoms. The largest absolute Gasteiger partial charge is 0.445 e. The Labute approximate surface area is 124 Å². The van der Waals surface area contributed by atoms with Gasteiger partial charge >= 0.3 is 6.18 Å². The molecule has 1 aromatic carbocycles. The number of hydrogen-bond acceptors (Lipinski definition) is 5. The summed E-state index contributed by atoms with van der Waals surface area (Å²) in [5, 5.41) is 8.30. The lowest BCUT2D eigenvalue weighted by atomic mass is 10.2. The topological polar surface area (TPSA) is 54.9 Å². The Bertz CT molecular complexity index is 776. The molecule has 0 aliphatic rings. The maximum atomic E-state index is 12.4. The number of nitrogens with one attached hydrogen (secondary N) is 1. The summed E-state index contributed by atoms with van der Waals surface area (Å²) < 4.78 is 38.1. The van der Waals surface area contributed by atoms with Crippen LogP contribution in [-0.4, -0.2) is 16.1 Å². The van der Waals surface area contributed by atoms with Gasteiger partial charge in [-0.3, -0.25) is 10.1 Å². The van der Waals surface area contributed by atoms with Crippen LogP contribution in [0, 0.1) is 0 Å². The fourth-order valence-corrected chi connectivity index (χ4v) is 3.20. The molecule has 0 spiro atoms. The highest BCUT2D eigenvalue weighted by atomic mass is 32.1. The van der Waals surface area contributed by atoms with Crippen molar-refractivity contribution in [3.05, 3.63) is 40.2 Å². The zero-order valence-corrected chi connectivity index (χ0v) is 11.8. The molecule has 0 atom stereocenters. The smallest absolute Gasteiger partial charge is 0.296 e. The van der Waals surface area contributed by atoms with Gasteiger partial charge in [0.25, 0.3) is 5.91 Å². The third-order valence-corrected chi connectivity index (χ3v) is 4.54. The second-order valence-electron chi connectivity index (χ2n) is 4.01. The fourth-order valence-electron chi connectivity index (χ4n) is 1.64. The van der Waals surface area contributed by atoms with Gasteiger partial charge in [0.15, 0.2) is 0 Å². The second-order valence-corrected chi connectivity index (χ2v) is 6.07. The van der Waals surface area contributed by atoms with E-state index >= 15 is 0 Å². The van der Waals surface area contributed by atoms with Crippen LogP contribution in [0.25, 0.3) is 10.1 Å². The summed E-state index contributed by atoms with van der Waals surface area (Å²) in [6, 6.07) is 9.10. The molecule has 0 fully saturated rings. The van der Waals surface area contributed by atoms with Crippen molar-refractivity contribution in [1.29, 1.82) is 0 Å². The van der Waals surface area contributed by atoms with Crippen LogP contribution in [0.5, 0.6) is 0 Å². The van der Waals surface area contributed by atoms with Gasteiger partial charge in [0.2, 0.25) is 10.1 Å². The summed E-state index contributed by atoms with van der Waals surface area (Å²) in [5.41, 5.74) is 0. The first-order chi connectivity index (χ1) is 9.93. The van der Waals surface area contributed by atoms with Gasteiger partial charge in [0.05, 0.1) is 4.88 Å². The number of anilines is 1. The number of carbonyl (C=O) groups is 1. The highest BCUT2D eigenvalue weighted by Gasteiger charge is 2.35. The van der Waals surface area contributed by atoms with E-state index in [9.17, 15) is 18.0 Å². The number of alkyl halides is 3. The molecule has 2 aromatic heterocycles. The molecule has 0 saturated heterocycles. The van der Waals surface area contributed by atoms with Crippen LogP contribution in [-0.2, 0) is 6.18 Å². The predicted molar refractivity (Wildman–Crippen MR) is 74.7 cm³/mol. The molecule has 108 valence electrons. The molecule has 0 radical (unpaired) electrons. The second kappa shape index (κ2) is 5.08. The Morgan fingerprint density at radius 3 is 2.57 bits per heavy atom. The minimum Gasteiger partial charge on any atom is -0.296 e. The average Bonchev–Trinajstić information content (AvgIpc) is 3.03. The van der Waals surface area contributed by atoms with Gasteiger partial charge < -0.3 is 0 Å². The van der Waals surface area contributed by atoms with Crippen LogP contribution < -0.4 is 5.32 Å². The molecule has 21 heavy (non-hydrogen) atoms. The number of amides is 1. The summed E-state index contributed by atoms with van der Waals surface area (Å²) >= 11 is 1.55. The van der Waals surface area contributed by atoms with E-state index in [1.165, 1.54) is 11.3 Å². The lowest BCUT2D eigenvalue weighted by Crippen LogP contribution is -2.09. The molecule has 2 heterocycles. The number of carbonyl (C=O) groups excluding carboxylic acids is 1. The monoisotopic (exact) mass is 329 g/mol. The minimum absolute atomic E-state index is 0.176. The van der Waals surface area contributed by atoms with Crippen LogP contribution in [0.1, 0.15) is 14.7 Å². The number of aromatic nitrogens is 2. The van der Waals surface area contributed by atoms with Crippen LogP contribution in [0.4, 0.5) is 18.3 Å². The molecule has 1 N–H and O–H groups in total. The van der Waals surface area contributed by atoms with Gasteiger partial charge in [-0.25, -0.2) is 0 Å². The maximum absolute atomic E-state index is 12.4. The van der Waals surface area contributed by atoms with E-state index in [2.05, 4.69) is 15.5 Å². The molecule has 9 heteroatoms. The molecule has 3 aromatic rings. The summed E-state index contributed by atoms with van der Waals surface area (Å²) in [6.07, 6.45) is -4.56. The van der Waals surface area contributed by atoms with Gasteiger partial charge in [-0.2, -0.15) is 13.2 Å². The third-order valence-electron chi connectivity index (χ3n) is 2.54.